The predicted molar refractivity (Wildman–Crippen MR) is 77.2 cm³/mol. The lowest BCUT2D eigenvalue weighted by molar-refractivity contribution is -0.100. The molecule has 1 aromatic rings. The molecular weight excluding hydrogens is 310 g/mol. The van der Waals surface area contributed by atoms with Gasteiger partial charge in [-0.2, -0.15) is 5.10 Å². The third-order valence-corrected chi connectivity index (χ3v) is 4.65. The average Bonchev–Trinajstić information content (AvgIpc) is 2.72. The molecule has 1 saturated carbocycles. The van der Waals surface area contributed by atoms with Gasteiger partial charge in [-0.1, -0.05) is 0 Å². The molecular formula is C13H22BrN3O2. The van der Waals surface area contributed by atoms with Gasteiger partial charge in [0.1, 0.15) is 0 Å². The van der Waals surface area contributed by atoms with Gasteiger partial charge in [0.25, 0.3) is 0 Å². The molecule has 2 rings (SSSR count). The first kappa shape index (κ1) is 15.0. The lowest BCUT2D eigenvalue weighted by atomic mass is 9.73. The van der Waals surface area contributed by atoms with E-state index in [4.69, 9.17) is 9.47 Å². The number of nitrogens with one attached hydrogen (secondary N) is 1. The van der Waals surface area contributed by atoms with Crippen LogP contribution in [-0.2, 0) is 16.0 Å². The topological polar surface area (TPSA) is 48.3 Å². The molecule has 1 atom stereocenters. The Morgan fingerprint density at radius 2 is 2.26 bits per heavy atom. The van der Waals surface area contributed by atoms with Crippen molar-refractivity contribution in [1.29, 1.82) is 0 Å². The summed E-state index contributed by atoms with van der Waals surface area (Å²) < 4.78 is 14.0. The van der Waals surface area contributed by atoms with Gasteiger partial charge in [0.05, 0.1) is 41.2 Å². The fourth-order valence-corrected chi connectivity index (χ4v) is 3.32. The summed E-state index contributed by atoms with van der Waals surface area (Å²) in [6.45, 7) is 1.40. The summed E-state index contributed by atoms with van der Waals surface area (Å²) in [6.07, 6.45) is 5.22. The molecule has 0 saturated heterocycles. The quantitative estimate of drug-likeness (QED) is 0.831. The number of halogens is 1. The Morgan fingerprint density at radius 1 is 1.53 bits per heavy atom. The summed E-state index contributed by atoms with van der Waals surface area (Å²) in [7, 11) is 5.48. The van der Waals surface area contributed by atoms with Crippen LogP contribution < -0.4 is 5.32 Å². The van der Waals surface area contributed by atoms with E-state index < -0.39 is 0 Å². The van der Waals surface area contributed by atoms with Crippen LogP contribution in [0, 0.1) is 0 Å². The van der Waals surface area contributed by atoms with Crippen LogP contribution in [0.3, 0.4) is 0 Å². The SMILES string of the molecule is CNC(c1c(Br)cnn1CCOC)C1(OC)CCC1. The van der Waals surface area contributed by atoms with Crippen molar-refractivity contribution in [1.82, 2.24) is 15.1 Å². The Hall–Kier alpha value is -0.430. The van der Waals surface area contributed by atoms with E-state index >= 15 is 0 Å². The number of rotatable bonds is 7. The first-order valence-corrected chi connectivity index (χ1v) is 7.40. The number of aromatic nitrogens is 2. The summed E-state index contributed by atoms with van der Waals surface area (Å²) >= 11 is 3.61. The normalized spacial score (nSPS) is 19.2. The summed E-state index contributed by atoms with van der Waals surface area (Å²) in [5.74, 6) is 0. The minimum Gasteiger partial charge on any atom is -0.383 e. The molecule has 1 aromatic heterocycles. The van der Waals surface area contributed by atoms with Crippen molar-refractivity contribution < 1.29 is 9.47 Å². The first-order valence-electron chi connectivity index (χ1n) is 6.61. The van der Waals surface area contributed by atoms with Crippen LogP contribution in [0.25, 0.3) is 0 Å². The summed E-state index contributed by atoms with van der Waals surface area (Å²) in [4.78, 5) is 0. The minimum absolute atomic E-state index is 0.109. The zero-order valence-corrected chi connectivity index (χ0v) is 13.4. The molecule has 1 N–H and O–H groups in total. The van der Waals surface area contributed by atoms with Crippen LogP contribution in [0.4, 0.5) is 0 Å². The minimum atomic E-state index is -0.109. The third-order valence-electron chi connectivity index (χ3n) is 4.04. The molecule has 0 spiro atoms. The van der Waals surface area contributed by atoms with Crippen molar-refractivity contribution in [3.8, 4) is 0 Å². The van der Waals surface area contributed by atoms with Gasteiger partial charge in [0.2, 0.25) is 0 Å². The van der Waals surface area contributed by atoms with Crippen LogP contribution in [0.1, 0.15) is 31.0 Å². The smallest absolute Gasteiger partial charge is 0.0888 e. The maximum Gasteiger partial charge on any atom is 0.0888 e. The van der Waals surface area contributed by atoms with Crippen LogP contribution >= 0.6 is 15.9 Å². The number of methoxy groups -OCH3 is 2. The van der Waals surface area contributed by atoms with Gasteiger partial charge >= 0.3 is 0 Å². The highest BCUT2D eigenvalue weighted by molar-refractivity contribution is 9.10. The van der Waals surface area contributed by atoms with Crippen molar-refractivity contribution in [2.75, 3.05) is 27.9 Å². The molecule has 1 heterocycles. The van der Waals surface area contributed by atoms with Crippen molar-refractivity contribution >= 4 is 15.9 Å². The second-order valence-corrected chi connectivity index (χ2v) is 5.79. The molecule has 0 aromatic carbocycles. The van der Waals surface area contributed by atoms with Crippen LogP contribution in [0.2, 0.25) is 0 Å². The number of likely N-dealkylation sites (N-methyl/N-ethyl adjacent to an activating group) is 1. The average molecular weight is 332 g/mol. The summed E-state index contributed by atoms with van der Waals surface area (Å²) in [6, 6.07) is 0.139. The monoisotopic (exact) mass is 331 g/mol. The molecule has 6 heteroatoms. The molecule has 1 aliphatic carbocycles. The van der Waals surface area contributed by atoms with Crippen molar-refractivity contribution in [3.63, 3.8) is 0 Å². The van der Waals surface area contributed by atoms with Gasteiger partial charge in [0, 0.05) is 14.2 Å². The fraction of sp³-hybridized carbons (Fsp3) is 0.769. The lowest BCUT2D eigenvalue weighted by Gasteiger charge is -2.46. The van der Waals surface area contributed by atoms with E-state index in [1.165, 1.54) is 6.42 Å². The molecule has 0 bridgehead atoms. The third kappa shape index (κ3) is 2.72. The molecule has 1 unspecified atom stereocenters. The highest BCUT2D eigenvalue weighted by atomic mass is 79.9. The van der Waals surface area contributed by atoms with E-state index in [-0.39, 0.29) is 11.6 Å². The molecule has 19 heavy (non-hydrogen) atoms. The van der Waals surface area contributed by atoms with Crippen molar-refractivity contribution in [2.24, 2.45) is 0 Å². The van der Waals surface area contributed by atoms with Gasteiger partial charge in [-0.05, 0) is 42.2 Å². The van der Waals surface area contributed by atoms with Crippen LogP contribution in [0.15, 0.2) is 10.7 Å². The van der Waals surface area contributed by atoms with Gasteiger partial charge in [0.15, 0.2) is 0 Å². The number of hydrogen-bond acceptors (Lipinski definition) is 4. The Labute approximate surface area is 122 Å². The molecule has 5 nitrogen and oxygen atoms in total. The molecule has 1 fully saturated rings. The molecule has 0 radical (unpaired) electrons. The van der Waals surface area contributed by atoms with Crippen molar-refractivity contribution in [3.05, 3.63) is 16.4 Å². The highest BCUT2D eigenvalue weighted by Crippen LogP contribution is 2.46. The number of nitrogens with zero attached hydrogens (tertiary/aromatic N) is 2. The summed E-state index contributed by atoms with van der Waals surface area (Å²) in [5.41, 5.74) is 1.03. The maximum absolute atomic E-state index is 5.81. The van der Waals surface area contributed by atoms with E-state index in [1.54, 1.807) is 14.2 Å². The van der Waals surface area contributed by atoms with E-state index in [2.05, 4.69) is 26.3 Å². The fourth-order valence-electron chi connectivity index (χ4n) is 2.80. The summed E-state index contributed by atoms with van der Waals surface area (Å²) in [5, 5.41) is 7.82. The molecule has 1 aliphatic rings. The van der Waals surface area contributed by atoms with E-state index in [0.29, 0.717) is 6.61 Å². The van der Waals surface area contributed by atoms with Gasteiger partial charge in [-0.25, -0.2) is 0 Å². The molecule has 0 aliphatic heterocycles. The molecule has 0 amide bonds. The van der Waals surface area contributed by atoms with Crippen LogP contribution in [-0.4, -0.2) is 43.3 Å². The molecule has 108 valence electrons. The Balaban J connectivity index is 2.29. The Morgan fingerprint density at radius 3 is 2.74 bits per heavy atom. The van der Waals surface area contributed by atoms with E-state index in [0.717, 1.165) is 29.6 Å². The second kappa shape index (κ2) is 6.35. The lowest BCUT2D eigenvalue weighted by Crippen LogP contribution is -2.50. The van der Waals surface area contributed by atoms with E-state index in [1.807, 2.05) is 17.9 Å². The Bertz CT molecular complexity index is 413. The highest BCUT2D eigenvalue weighted by Gasteiger charge is 2.46. The largest absolute Gasteiger partial charge is 0.383 e. The standard InChI is InChI=1S/C13H22BrN3O2/c1-15-12(13(19-3)5-4-6-13)11-10(14)9-16-17(11)7-8-18-2/h9,12,15H,4-8H2,1-3H3. The predicted octanol–water partition coefficient (Wildman–Crippen LogP) is 2.12. The van der Waals surface area contributed by atoms with E-state index in [9.17, 15) is 0 Å². The van der Waals surface area contributed by atoms with Crippen molar-refractivity contribution in [2.45, 2.75) is 37.5 Å². The zero-order valence-electron chi connectivity index (χ0n) is 11.8. The van der Waals surface area contributed by atoms with Gasteiger partial charge in [-0.15, -0.1) is 0 Å². The number of hydrogen-bond donors (Lipinski definition) is 1. The van der Waals surface area contributed by atoms with Gasteiger partial charge in [-0.3, -0.25) is 4.68 Å². The zero-order chi connectivity index (χ0) is 13.9. The second-order valence-electron chi connectivity index (χ2n) is 4.94. The Kier molecular flexibility index (Phi) is 5.00. The van der Waals surface area contributed by atoms with Gasteiger partial charge < -0.3 is 14.8 Å². The first-order chi connectivity index (χ1) is 9.18. The number of ether oxygens (including phenoxy) is 2. The maximum atomic E-state index is 5.81. The van der Waals surface area contributed by atoms with Crippen LogP contribution in [0.5, 0.6) is 0 Å².